The fourth-order valence-corrected chi connectivity index (χ4v) is 5.21. The lowest BCUT2D eigenvalue weighted by atomic mass is 10.0. The molecule has 1 aliphatic heterocycles. The van der Waals surface area contributed by atoms with Gasteiger partial charge in [-0.1, -0.05) is 36.4 Å². The van der Waals surface area contributed by atoms with Gasteiger partial charge in [0, 0.05) is 64.3 Å². The van der Waals surface area contributed by atoms with E-state index in [4.69, 9.17) is 16.3 Å². The molecule has 0 saturated heterocycles. The summed E-state index contributed by atoms with van der Waals surface area (Å²) < 4.78 is 44.7. The van der Waals surface area contributed by atoms with Crippen molar-refractivity contribution in [1.29, 1.82) is 0 Å². The third-order valence-electron chi connectivity index (χ3n) is 6.35. The van der Waals surface area contributed by atoms with Crippen LogP contribution in [0.2, 0.25) is 5.02 Å². The second-order valence-corrected chi connectivity index (χ2v) is 10.6. The van der Waals surface area contributed by atoms with Gasteiger partial charge in [-0.25, -0.2) is 0 Å². The van der Waals surface area contributed by atoms with Crippen molar-refractivity contribution in [3.63, 3.8) is 0 Å². The predicted octanol–water partition coefficient (Wildman–Crippen LogP) is 8.08. The van der Waals surface area contributed by atoms with Gasteiger partial charge in [-0.05, 0) is 66.1 Å². The molecule has 0 amide bonds. The average molecular weight is 576 g/mol. The van der Waals surface area contributed by atoms with E-state index in [2.05, 4.69) is 17.2 Å². The monoisotopic (exact) mass is 575 g/mol. The Balaban J connectivity index is 1.65. The van der Waals surface area contributed by atoms with E-state index in [1.807, 2.05) is 35.2 Å². The first-order valence-electron chi connectivity index (χ1n) is 12.4. The first-order valence-corrected chi connectivity index (χ1v) is 13.6. The number of hydrogen-bond donors (Lipinski definition) is 2. The quantitative estimate of drug-likeness (QED) is 0.129. The highest BCUT2D eigenvalue weighted by Crippen LogP contribution is 2.42. The fourth-order valence-electron chi connectivity index (χ4n) is 4.51. The lowest BCUT2D eigenvalue weighted by Gasteiger charge is -2.31. The van der Waals surface area contributed by atoms with E-state index >= 15 is 0 Å². The molecule has 2 N–H and O–H groups in total. The van der Waals surface area contributed by atoms with Crippen LogP contribution >= 0.6 is 23.4 Å². The zero-order valence-corrected chi connectivity index (χ0v) is 22.9. The number of thioether (sulfide) groups is 1. The van der Waals surface area contributed by atoms with Crippen molar-refractivity contribution in [1.82, 2.24) is 0 Å². The summed E-state index contributed by atoms with van der Waals surface area (Å²) in [7, 11) is 1.59. The van der Waals surface area contributed by atoms with Crippen molar-refractivity contribution < 1.29 is 22.7 Å². The van der Waals surface area contributed by atoms with Gasteiger partial charge in [-0.15, -0.1) is 0 Å². The van der Waals surface area contributed by atoms with Gasteiger partial charge < -0.3 is 25.1 Å². The minimum Gasteiger partial charge on any atom is -0.497 e. The van der Waals surface area contributed by atoms with Crippen LogP contribution < -0.4 is 20.3 Å². The number of carbonyl (C=O) groups excluding carboxylic acids is 1. The Morgan fingerprint density at radius 3 is 2.59 bits per heavy atom. The predicted molar refractivity (Wildman–Crippen MR) is 153 cm³/mol. The molecule has 0 aliphatic carbocycles. The number of benzene rings is 3. The molecule has 0 aromatic heterocycles. The SMILES string of the molecule is C=C(C(Nc1cc(NCCCC=O)cc(OC)c1)c1ccc(Cl)cc1)N1CCc2ccc(SC(F)(F)F)cc21. The summed E-state index contributed by atoms with van der Waals surface area (Å²) in [4.78, 5) is 12.8. The summed E-state index contributed by atoms with van der Waals surface area (Å²) in [6, 6.07) is 17.5. The molecule has 5 nitrogen and oxygen atoms in total. The van der Waals surface area contributed by atoms with E-state index in [0.717, 1.165) is 34.5 Å². The number of nitrogens with zero attached hydrogens (tertiary/aromatic N) is 1. The van der Waals surface area contributed by atoms with E-state index in [-0.39, 0.29) is 16.7 Å². The molecule has 0 bridgehead atoms. The second kappa shape index (κ2) is 12.7. The van der Waals surface area contributed by atoms with Crippen LogP contribution in [0.4, 0.5) is 30.2 Å². The third-order valence-corrected chi connectivity index (χ3v) is 7.32. The van der Waals surface area contributed by atoms with Gasteiger partial charge in [-0.2, -0.15) is 13.2 Å². The topological polar surface area (TPSA) is 53.6 Å². The Morgan fingerprint density at radius 2 is 1.90 bits per heavy atom. The van der Waals surface area contributed by atoms with Crippen molar-refractivity contribution in [3.8, 4) is 5.75 Å². The van der Waals surface area contributed by atoms with Crippen LogP contribution in [0.1, 0.15) is 30.0 Å². The van der Waals surface area contributed by atoms with Crippen molar-refractivity contribution in [2.24, 2.45) is 0 Å². The number of anilines is 3. The fraction of sp³-hybridized carbons (Fsp3) is 0.276. The van der Waals surface area contributed by atoms with Gasteiger partial charge in [0.1, 0.15) is 12.0 Å². The van der Waals surface area contributed by atoms with Crippen LogP contribution in [0.25, 0.3) is 0 Å². The molecule has 206 valence electrons. The van der Waals surface area contributed by atoms with E-state index in [0.29, 0.717) is 48.8 Å². The number of alkyl halides is 3. The van der Waals surface area contributed by atoms with Crippen LogP contribution in [-0.4, -0.2) is 32.0 Å². The lowest BCUT2D eigenvalue weighted by molar-refractivity contribution is -0.107. The summed E-state index contributed by atoms with van der Waals surface area (Å²) >= 11 is 6.04. The molecule has 10 heteroatoms. The molecule has 0 saturated carbocycles. The Labute approximate surface area is 235 Å². The zero-order valence-electron chi connectivity index (χ0n) is 21.4. The number of methoxy groups -OCH3 is 1. The molecule has 1 atom stereocenters. The van der Waals surface area contributed by atoms with E-state index in [9.17, 15) is 18.0 Å². The van der Waals surface area contributed by atoms with E-state index < -0.39 is 11.6 Å². The van der Waals surface area contributed by atoms with Crippen molar-refractivity contribution >= 4 is 46.7 Å². The number of fused-ring (bicyclic) bond motifs is 1. The molecule has 3 aromatic carbocycles. The second-order valence-electron chi connectivity index (χ2n) is 9.05. The van der Waals surface area contributed by atoms with Crippen LogP contribution in [0.3, 0.4) is 0 Å². The van der Waals surface area contributed by atoms with E-state index in [1.165, 1.54) is 6.07 Å². The smallest absolute Gasteiger partial charge is 0.446 e. The number of nitrogens with one attached hydrogen (secondary N) is 2. The maximum Gasteiger partial charge on any atom is 0.446 e. The van der Waals surface area contributed by atoms with E-state index in [1.54, 1.807) is 31.4 Å². The van der Waals surface area contributed by atoms with Crippen molar-refractivity contribution in [2.45, 2.75) is 35.7 Å². The Morgan fingerprint density at radius 1 is 1.15 bits per heavy atom. The van der Waals surface area contributed by atoms with Crippen LogP contribution in [0, 0.1) is 0 Å². The molecule has 0 fully saturated rings. The number of hydrogen-bond acceptors (Lipinski definition) is 6. The van der Waals surface area contributed by atoms with Crippen LogP contribution in [-0.2, 0) is 11.2 Å². The number of carbonyl (C=O) groups is 1. The number of aldehydes is 1. The maximum atomic E-state index is 13.1. The lowest BCUT2D eigenvalue weighted by Crippen LogP contribution is -2.27. The first-order chi connectivity index (χ1) is 18.7. The standard InChI is InChI=1S/C29H29ClF3N3O2S/c1-19(36-13-11-20-7-10-26(18-27(20)36)39-29(31,32)33)28(21-5-8-22(30)9-6-21)35-24-15-23(16-25(17-24)38-2)34-12-3-4-14-37/h5-10,14-18,28,34-35H,1,3-4,11-13H2,2H3. The van der Waals surface area contributed by atoms with Gasteiger partial charge in [0.05, 0.1) is 13.2 Å². The molecular formula is C29H29ClF3N3O2S. The maximum absolute atomic E-state index is 13.1. The van der Waals surface area contributed by atoms with Crippen molar-refractivity contribution in [2.75, 3.05) is 35.7 Å². The zero-order chi connectivity index (χ0) is 28.0. The molecule has 0 radical (unpaired) electrons. The Kier molecular flexibility index (Phi) is 9.35. The molecule has 1 heterocycles. The molecular weight excluding hydrogens is 547 g/mol. The van der Waals surface area contributed by atoms with Gasteiger partial charge in [0.25, 0.3) is 0 Å². The molecule has 4 rings (SSSR count). The van der Waals surface area contributed by atoms with Crippen LogP contribution in [0.15, 0.2) is 77.8 Å². The normalized spacial score (nSPS) is 13.5. The van der Waals surface area contributed by atoms with Gasteiger partial charge in [-0.3, -0.25) is 0 Å². The Bertz CT molecular complexity index is 1320. The highest BCUT2D eigenvalue weighted by molar-refractivity contribution is 8.00. The average Bonchev–Trinajstić information content (AvgIpc) is 3.32. The summed E-state index contributed by atoms with van der Waals surface area (Å²) in [5.74, 6) is 0.638. The minimum atomic E-state index is -4.37. The molecule has 1 unspecified atom stereocenters. The highest BCUT2D eigenvalue weighted by atomic mass is 35.5. The number of unbranched alkanes of at least 4 members (excludes halogenated alkanes) is 1. The molecule has 0 spiro atoms. The summed E-state index contributed by atoms with van der Waals surface area (Å²) in [6.45, 7) is 5.62. The summed E-state index contributed by atoms with van der Waals surface area (Å²) in [5.41, 5.74) is 0.486. The number of rotatable bonds is 12. The van der Waals surface area contributed by atoms with Crippen LogP contribution in [0.5, 0.6) is 5.75 Å². The largest absolute Gasteiger partial charge is 0.497 e. The molecule has 39 heavy (non-hydrogen) atoms. The Hall–Kier alpha value is -3.30. The van der Waals surface area contributed by atoms with Gasteiger partial charge in [0.15, 0.2) is 0 Å². The number of halogens is 4. The first kappa shape index (κ1) is 28.7. The molecule has 1 aliphatic rings. The van der Waals surface area contributed by atoms with Gasteiger partial charge in [0.2, 0.25) is 0 Å². The van der Waals surface area contributed by atoms with Crippen molar-refractivity contribution in [3.05, 3.63) is 89.1 Å². The van der Waals surface area contributed by atoms with Gasteiger partial charge >= 0.3 is 5.51 Å². The summed E-state index contributed by atoms with van der Waals surface area (Å²) in [5, 5.41) is 7.45. The summed E-state index contributed by atoms with van der Waals surface area (Å²) in [6.07, 6.45) is 2.77. The number of ether oxygens (including phenoxy) is 1. The minimum absolute atomic E-state index is 0.122. The highest BCUT2D eigenvalue weighted by Gasteiger charge is 2.32. The molecule has 3 aromatic rings. The third kappa shape index (κ3) is 7.64.